The van der Waals surface area contributed by atoms with Gasteiger partial charge in [0.2, 0.25) is 5.95 Å². The quantitative estimate of drug-likeness (QED) is 0.427. The van der Waals surface area contributed by atoms with Crippen LogP contribution in [-0.2, 0) is 0 Å². The molecule has 0 saturated carbocycles. The minimum Gasteiger partial charge on any atom is -0.494 e. The molecule has 3 aromatic heterocycles. The van der Waals surface area contributed by atoms with Crippen LogP contribution in [0.1, 0.15) is 5.69 Å². The van der Waals surface area contributed by atoms with Crippen molar-refractivity contribution in [3.05, 3.63) is 84.6 Å². The highest BCUT2D eigenvalue weighted by atomic mass is 19.1. The molecule has 0 aliphatic carbocycles. The summed E-state index contributed by atoms with van der Waals surface area (Å²) in [6.07, 6.45) is 5.34. The number of nitrogens with zero attached hydrogens (tertiary/aromatic N) is 5. The smallest absolute Gasteiger partial charge is 0.247 e. The lowest BCUT2D eigenvalue weighted by atomic mass is 10.1. The molecule has 7 nitrogen and oxygen atoms in total. The summed E-state index contributed by atoms with van der Waals surface area (Å²) in [4.78, 5) is 8.76. The van der Waals surface area contributed by atoms with Crippen LogP contribution in [-0.4, -0.2) is 31.3 Å². The van der Waals surface area contributed by atoms with Gasteiger partial charge in [0, 0.05) is 41.3 Å². The van der Waals surface area contributed by atoms with E-state index < -0.39 is 11.6 Å². The number of halogens is 2. The summed E-state index contributed by atoms with van der Waals surface area (Å²) in [7, 11) is 1.60. The van der Waals surface area contributed by atoms with E-state index >= 15 is 0 Å². The average molecular weight is 432 g/mol. The molecule has 0 fully saturated rings. The fourth-order valence-corrected chi connectivity index (χ4v) is 3.53. The highest BCUT2D eigenvalue weighted by Gasteiger charge is 2.14. The Labute approximate surface area is 181 Å². The van der Waals surface area contributed by atoms with E-state index in [4.69, 9.17) is 4.74 Å². The Bertz CT molecular complexity index is 1440. The number of rotatable bonds is 5. The van der Waals surface area contributed by atoms with Gasteiger partial charge in [0.05, 0.1) is 24.8 Å². The van der Waals surface area contributed by atoms with Gasteiger partial charge < -0.3 is 14.6 Å². The van der Waals surface area contributed by atoms with Gasteiger partial charge in [-0.3, -0.25) is 0 Å². The van der Waals surface area contributed by atoms with Crippen LogP contribution in [0.3, 0.4) is 0 Å². The molecule has 0 spiro atoms. The minimum atomic E-state index is -0.661. The molecule has 5 aromatic rings. The average Bonchev–Trinajstić information content (AvgIpc) is 3.39. The summed E-state index contributed by atoms with van der Waals surface area (Å²) in [5, 5.41) is 7.58. The maximum Gasteiger partial charge on any atom is 0.247 e. The Balaban J connectivity index is 1.50. The number of hydrogen-bond donors (Lipinski definition) is 1. The van der Waals surface area contributed by atoms with Gasteiger partial charge in [0.25, 0.3) is 0 Å². The van der Waals surface area contributed by atoms with Gasteiger partial charge in [0.15, 0.2) is 5.65 Å². The van der Waals surface area contributed by atoms with E-state index in [1.165, 1.54) is 12.1 Å². The van der Waals surface area contributed by atoms with Gasteiger partial charge in [-0.2, -0.15) is 4.98 Å². The number of methoxy groups -OCH3 is 1. The Morgan fingerprint density at radius 3 is 2.66 bits per heavy atom. The van der Waals surface area contributed by atoms with Gasteiger partial charge in [-0.1, -0.05) is 0 Å². The van der Waals surface area contributed by atoms with Crippen LogP contribution < -0.4 is 10.1 Å². The topological polar surface area (TPSA) is 69.3 Å². The van der Waals surface area contributed by atoms with Gasteiger partial charge in [0.1, 0.15) is 17.4 Å². The predicted octanol–water partition coefficient (Wildman–Crippen LogP) is 4.92. The second-order valence-corrected chi connectivity index (χ2v) is 7.18. The van der Waals surface area contributed by atoms with E-state index in [2.05, 4.69) is 20.4 Å². The van der Waals surface area contributed by atoms with Crippen molar-refractivity contribution in [2.45, 2.75) is 6.92 Å². The SMILES string of the molecule is COc1cc(Nc2nc3c(-c4ccc(F)cc4F)cccn3n2)ccc1-n1cnc(C)c1. The summed E-state index contributed by atoms with van der Waals surface area (Å²) < 4.78 is 36.6. The molecule has 0 amide bonds. The van der Waals surface area contributed by atoms with Crippen molar-refractivity contribution in [2.75, 3.05) is 12.4 Å². The van der Waals surface area contributed by atoms with Crippen LogP contribution in [0.4, 0.5) is 20.4 Å². The third-order valence-corrected chi connectivity index (χ3v) is 5.01. The number of nitrogens with one attached hydrogen (secondary N) is 1. The van der Waals surface area contributed by atoms with Gasteiger partial charge in [-0.15, -0.1) is 5.10 Å². The molecule has 1 N–H and O–H groups in total. The van der Waals surface area contributed by atoms with Crippen LogP contribution in [0.15, 0.2) is 67.3 Å². The van der Waals surface area contributed by atoms with E-state index in [9.17, 15) is 8.78 Å². The molecule has 2 aromatic carbocycles. The zero-order valence-corrected chi connectivity index (χ0v) is 17.3. The molecule has 0 radical (unpaired) electrons. The first kappa shape index (κ1) is 19.7. The normalized spacial score (nSPS) is 11.1. The molecular weight excluding hydrogens is 414 g/mol. The van der Waals surface area contributed by atoms with Crippen LogP contribution in [0.25, 0.3) is 22.5 Å². The number of ether oxygens (including phenoxy) is 1. The molecule has 9 heteroatoms. The van der Waals surface area contributed by atoms with E-state index in [1.54, 1.807) is 36.3 Å². The number of pyridine rings is 1. The number of aromatic nitrogens is 5. The summed E-state index contributed by atoms with van der Waals surface area (Å²) in [6.45, 7) is 1.92. The number of aryl methyl sites for hydroxylation is 1. The third-order valence-electron chi connectivity index (χ3n) is 5.01. The van der Waals surface area contributed by atoms with Gasteiger partial charge in [-0.25, -0.2) is 18.3 Å². The summed E-state index contributed by atoms with van der Waals surface area (Å²) >= 11 is 0. The van der Waals surface area contributed by atoms with E-state index in [0.717, 1.165) is 17.4 Å². The molecule has 0 aliphatic rings. The fourth-order valence-electron chi connectivity index (χ4n) is 3.53. The Kier molecular flexibility index (Phi) is 4.78. The summed E-state index contributed by atoms with van der Waals surface area (Å²) in [6, 6.07) is 12.5. The molecule has 0 unspecified atom stereocenters. The molecule has 0 bridgehead atoms. The second-order valence-electron chi connectivity index (χ2n) is 7.18. The number of fused-ring (bicyclic) bond motifs is 1. The van der Waals surface area contributed by atoms with Crippen molar-refractivity contribution in [1.29, 1.82) is 0 Å². The first-order chi connectivity index (χ1) is 15.5. The van der Waals surface area contributed by atoms with E-state index in [1.807, 2.05) is 35.9 Å². The monoisotopic (exact) mass is 432 g/mol. The predicted molar refractivity (Wildman–Crippen MR) is 116 cm³/mol. The maximum atomic E-state index is 14.3. The van der Waals surface area contributed by atoms with Crippen molar-refractivity contribution in [2.24, 2.45) is 0 Å². The molecule has 160 valence electrons. The first-order valence-electron chi connectivity index (χ1n) is 9.78. The highest BCUT2D eigenvalue weighted by Crippen LogP contribution is 2.30. The third kappa shape index (κ3) is 3.53. The number of hydrogen-bond acceptors (Lipinski definition) is 5. The largest absolute Gasteiger partial charge is 0.494 e. The molecule has 0 atom stereocenters. The lowest BCUT2D eigenvalue weighted by Crippen LogP contribution is -1.98. The van der Waals surface area contributed by atoms with Crippen LogP contribution >= 0.6 is 0 Å². The van der Waals surface area contributed by atoms with Crippen molar-refractivity contribution in [1.82, 2.24) is 24.1 Å². The number of imidazole rings is 1. The Morgan fingerprint density at radius 1 is 1.03 bits per heavy atom. The summed E-state index contributed by atoms with van der Waals surface area (Å²) in [5.41, 5.74) is 3.66. The van der Waals surface area contributed by atoms with Crippen molar-refractivity contribution >= 4 is 17.3 Å². The van der Waals surface area contributed by atoms with Crippen molar-refractivity contribution in [3.8, 4) is 22.6 Å². The number of anilines is 2. The van der Waals surface area contributed by atoms with E-state index in [0.29, 0.717) is 28.6 Å². The molecular formula is C23H18F2N6O. The van der Waals surface area contributed by atoms with Gasteiger partial charge in [-0.05, 0) is 43.3 Å². The molecule has 0 aliphatic heterocycles. The molecule has 0 saturated heterocycles. The van der Waals surface area contributed by atoms with Crippen LogP contribution in [0.2, 0.25) is 0 Å². The van der Waals surface area contributed by atoms with Crippen molar-refractivity contribution < 1.29 is 13.5 Å². The van der Waals surface area contributed by atoms with Crippen LogP contribution in [0, 0.1) is 18.6 Å². The molecule has 32 heavy (non-hydrogen) atoms. The van der Waals surface area contributed by atoms with Crippen LogP contribution in [0.5, 0.6) is 5.75 Å². The molecule has 5 rings (SSSR count). The minimum absolute atomic E-state index is 0.248. The Morgan fingerprint density at radius 2 is 1.91 bits per heavy atom. The highest BCUT2D eigenvalue weighted by molar-refractivity contribution is 5.78. The molecule has 3 heterocycles. The van der Waals surface area contributed by atoms with E-state index in [-0.39, 0.29) is 5.56 Å². The Hall–Kier alpha value is -4.27. The standard InChI is InChI=1S/C23H18F2N6O/c1-14-12-30(13-26-14)20-8-6-16(11-21(20)32-2)27-23-28-22-18(4-3-9-31(22)29-23)17-7-5-15(24)10-19(17)25/h3-13H,1-2H3,(H,27,29). The van der Waals surface area contributed by atoms with Gasteiger partial charge >= 0.3 is 0 Å². The lowest BCUT2D eigenvalue weighted by Gasteiger charge is -2.11. The first-order valence-corrected chi connectivity index (χ1v) is 9.78. The lowest BCUT2D eigenvalue weighted by molar-refractivity contribution is 0.413. The zero-order chi connectivity index (χ0) is 22.2. The zero-order valence-electron chi connectivity index (χ0n) is 17.3. The number of benzene rings is 2. The second kappa shape index (κ2) is 7.77. The fraction of sp³-hybridized carbons (Fsp3) is 0.0870. The van der Waals surface area contributed by atoms with Crippen molar-refractivity contribution in [3.63, 3.8) is 0 Å². The maximum absolute atomic E-state index is 14.3. The summed E-state index contributed by atoms with van der Waals surface area (Å²) in [5.74, 6) is -0.325.